The Morgan fingerprint density at radius 2 is 1.67 bits per heavy atom. The number of ether oxygens (including phenoxy) is 2. The lowest BCUT2D eigenvalue weighted by Gasteiger charge is -2.16. The Kier molecular flexibility index (Phi) is 5.81. The van der Waals surface area contributed by atoms with E-state index < -0.39 is 5.97 Å². The number of esters is 1. The maximum Gasteiger partial charge on any atom is 0.342 e. The SMILES string of the molecule is COc1ccc(CN2C(=O)c3ccccc3C2=O)cc1C(=O)OCc1cc(=O)n2cc(C)ccc2n1. The van der Waals surface area contributed by atoms with Crippen molar-refractivity contribution in [3.05, 3.63) is 111 Å². The summed E-state index contributed by atoms with van der Waals surface area (Å²) < 4.78 is 12.2. The van der Waals surface area contributed by atoms with Gasteiger partial charge in [-0.05, 0) is 48.4 Å². The highest BCUT2D eigenvalue weighted by molar-refractivity contribution is 6.21. The van der Waals surface area contributed by atoms with Gasteiger partial charge in [-0.25, -0.2) is 9.78 Å². The van der Waals surface area contributed by atoms with Crippen molar-refractivity contribution in [3.8, 4) is 5.75 Å². The smallest absolute Gasteiger partial charge is 0.342 e. The van der Waals surface area contributed by atoms with E-state index in [1.165, 1.54) is 23.6 Å². The molecule has 0 saturated carbocycles. The molecule has 0 atom stereocenters. The van der Waals surface area contributed by atoms with Crippen LogP contribution in [-0.4, -0.2) is 39.2 Å². The Morgan fingerprint density at radius 1 is 0.944 bits per heavy atom. The van der Waals surface area contributed by atoms with Crippen LogP contribution in [0.4, 0.5) is 0 Å². The van der Waals surface area contributed by atoms with Gasteiger partial charge in [0.2, 0.25) is 0 Å². The normalized spacial score (nSPS) is 12.7. The molecule has 0 radical (unpaired) electrons. The molecule has 0 N–H and O–H groups in total. The van der Waals surface area contributed by atoms with Gasteiger partial charge in [-0.15, -0.1) is 0 Å². The number of aromatic nitrogens is 2. The third kappa shape index (κ3) is 4.11. The molecule has 9 nitrogen and oxygen atoms in total. The molecule has 0 spiro atoms. The number of methoxy groups -OCH3 is 1. The Morgan fingerprint density at radius 3 is 2.36 bits per heavy atom. The fourth-order valence-corrected chi connectivity index (χ4v) is 4.13. The van der Waals surface area contributed by atoms with E-state index in [2.05, 4.69) is 4.98 Å². The number of fused-ring (bicyclic) bond motifs is 2. The molecule has 4 aromatic rings. The van der Waals surface area contributed by atoms with Gasteiger partial charge in [0.05, 0.1) is 30.5 Å². The fourth-order valence-electron chi connectivity index (χ4n) is 4.13. The zero-order valence-corrected chi connectivity index (χ0v) is 19.6. The van der Waals surface area contributed by atoms with Gasteiger partial charge < -0.3 is 9.47 Å². The van der Waals surface area contributed by atoms with Gasteiger partial charge in [-0.1, -0.05) is 24.3 Å². The highest BCUT2D eigenvalue weighted by Crippen LogP contribution is 2.27. The average Bonchev–Trinajstić information content (AvgIpc) is 3.12. The Hall–Kier alpha value is -4.79. The lowest BCUT2D eigenvalue weighted by atomic mass is 10.1. The second-order valence-corrected chi connectivity index (χ2v) is 8.37. The van der Waals surface area contributed by atoms with E-state index in [9.17, 15) is 19.2 Å². The largest absolute Gasteiger partial charge is 0.496 e. The fraction of sp³-hybridized carbons (Fsp3) is 0.148. The van der Waals surface area contributed by atoms with E-state index in [0.717, 1.165) is 10.5 Å². The molecule has 3 heterocycles. The summed E-state index contributed by atoms with van der Waals surface area (Å²) in [5, 5.41) is 0. The van der Waals surface area contributed by atoms with E-state index in [4.69, 9.17) is 9.47 Å². The second-order valence-electron chi connectivity index (χ2n) is 8.37. The highest BCUT2D eigenvalue weighted by atomic mass is 16.5. The molecule has 0 saturated heterocycles. The predicted octanol–water partition coefficient (Wildman–Crippen LogP) is 3.16. The van der Waals surface area contributed by atoms with Crippen molar-refractivity contribution in [2.45, 2.75) is 20.1 Å². The molecule has 0 aliphatic carbocycles. The van der Waals surface area contributed by atoms with Crippen molar-refractivity contribution in [1.82, 2.24) is 14.3 Å². The van der Waals surface area contributed by atoms with Crippen molar-refractivity contribution in [2.75, 3.05) is 7.11 Å². The number of carbonyl (C=O) groups excluding carboxylic acids is 3. The maximum absolute atomic E-state index is 12.9. The second kappa shape index (κ2) is 9.10. The Labute approximate surface area is 205 Å². The predicted molar refractivity (Wildman–Crippen MR) is 129 cm³/mol. The number of aryl methyl sites for hydroxylation is 1. The number of hydrogen-bond acceptors (Lipinski definition) is 7. The Balaban J connectivity index is 1.35. The minimum Gasteiger partial charge on any atom is -0.496 e. The third-order valence-corrected chi connectivity index (χ3v) is 5.91. The summed E-state index contributed by atoms with van der Waals surface area (Å²) in [6.45, 7) is 1.64. The van der Waals surface area contributed by atoms with E-state index in [1.54, 1.807) is 48.7 Å². The van der Waals surface area contributed by atoms with Crippen molar-refractivity contribution >= 4 is 23.4 Å². The molecule has 0 bridgehead atoms. The summed E-state index contributed by atoms with van der Waals surface area (Å²) in [5.74, 6) is -1.20. The lowest BCUT2D eigenvalue weighted by molar-refractivity contribution is 0.0463. The zero-order chi connectivity index (χ0) is 25.4. The monoisotopic (exact) mass is 483 g/mol. The van der Waals surface area contributed by atoms with E-state index >= 15 is 0 Å². The summed E-state index contributed by atoms with van der Waals surface area (Å²) in [7, 11) is 1.42. The Bertz CT molecular complexity index is 1570. The number of amides is 2. The van der Waals surface area contributed by atoms with Crippen LogP contribution >= 0.6 is 0 Å². The average molecular weight is 483 g/mol. The summed E-state index contributed by atoms with van der Waals surface area (Å²) in [6, 6.07) is 16.3. The minimum absolute atomic E-state index is 0.0148. The number of benzene rings is 2. The van der Waals surface area contributed by atoms with Crippen LogP contribution in [0.15, 0.2) is 71.7 Å². The molecule has 1 aliphatic heterocycles. The van der Waals surface area contributed by atoms with Crippen LogP contribution in [0.2, 0.25) is 0 Å². The highest BCUT2D eigenvalue weighted by Gasteiger charge is 2.35. The number of imide groups is 1. The van der Waals surface area contributed by atoms with Gasteiger partial charge in [0.1, 0.15) is 23.6 Å². The van der Waals surface area contributed by atoms with Crippen molar-refractivity contribution in [3.63, 3.8) is 0 Å². The van der Waals surface area contributed by atoms with Gasteiger partial charge in [0.15, 0.2) is 0 Å². The topological polar surface area (TPSA) is 107 Å². The van der Waals surface area contributed by atoms with Crippen LogP contribution in [0.1, 0.15) is 47.9 Å². The van der Waals surface area contributed by atoms with Crippen LogP contribution in [0.25, 0.3) is 5.65 Å². The summed E-state index contributed by atoms with van der Waals surface area (Å²) in [5.41, 5.74) is 2.76. The van der Waals surface area contributed by atoms with Crippen LogP contribution in [0.5, 0.6) is 5.75 Å². The molecule has 0 fully saturated rings. The quantitative estimate of drug-likeness (QED) is 0.306. The minimum atomic E-state index is -0.693. The standard InChI is InChI=1S/C27H21N3O6/c1-16-7-10-23-28-18(12-24(31)29(23)13-16)15-36-27(34)21-11-17(8-9-22(21)35-2)14-30-25(32)19-5-3-4-6-20(19)26(30)33/h3-13H,14-15H2,1-2H3. The van der Waals surface area contributed by atoms with Crippen LogP contribution in [-0.2, 0) is 17.9 Å². The molecule has 180 valence electrons. The summed E-state index contributed by atoms with van der Waals surface area (Å²) in [6.07, 6.45) is 1.69. The molecule has 2 amide bonds. The zero-order valence-electron chi connectivity index (χ0n) is 19.6. The number of nitrogens with zero attached hydrogens (tertiary/aromatic N) is 3. The number of carbonyl (C=O) groups is 3. The first-order chi connectivity index (χ1) is 17.4. The van der Waals surface area contributed by atoms with Gasteiger partial charge in [-0.3, -0.25) is 23.7 Å². The van der Waals surface area contributed by atoms with Crippen LogP contribution in [0, 0.1) is 6.92 Å². The van der Waals surface area contributed by atoms with E-state index in [1.807, 2.05) is 13.0 Å². The van der Waals surface area contributed by atoms with Gasteiger partial charge >= 0.3 is 5.97 Å². The van der Waals surface area contributed by atoms with Crippen molar-refractivity contribution in [1.29, 1.82) is 0 Å². The first kappa shape index (κ1) is 23.0. The number of hydrogen-bond donors (Lipinski definition) is 0. The van der Waals surface area contributed by atoms with E-state index in [0.29, 0.717) is 28.0 Å². The molecule has 2 aromatic heterocycles. The first-order valence-electron chi connectivity index (χ1n) is 11.1. The maximum atomic E-state index is 12.9. The van der Waals surface area contributed by atoms with Crippen LogP contribution in [0.3, 0.4) is 0 Å². The molecular formula is C27H21N3O6. The molecule has 36 heavy (non-hydrogen) atoms. The molecule has 1 aliphatic rings. The summed E-state index contributed by atoms with van der Waals surface area (Å²) in [4.78, 5) is 56.3. The lowest BCUT2D eigenvalue weighted by Crippen LogP contribution is -2.29. The number of rotatable bonds is 6. The van der Waals surface area contributed by atoms with Gasteiger partial charge in [0, 0.05) is 12.3 Å². The van der Waals surface area contributed by atoms with Gasteiger partial charge in [0.25, 0.3) is 17.4 Å². The van der Waals surface area contributed by atoms with Gasteiger partial charge in [-0.2, -0.15) is 0 Å². The summed E-state index contributed by atoms with van der Waals surface area (Å²) >= 11 is 0. The molecule has 0 unspecified atom stereocenters. The van der Waals surface area contributed by atoms with Crippen molar-refractivity contribution in [2.24, 2.45) is 0 Å². The van der Waals surface area contributed by atoms with E-state index in [-0.39, 0.29) is 41.8 Å². The van der Waals surface area contributed by atoms with Crippen molar-refractivity contribution < 1.29 is 23.9 Å². The molecule has 5 rings (SSSR count). The first-order valence-corrected chi connectivity index (χ1v) is 11.1. The number of pyridine rings is 1. The molecule has 2 aromatic carbocycles. The third-order valence-electron chi connectivity index (χ3n) is 5.91. The molecular weight excluding hydrogens is 462 g/mol. The van der Waals surface area contributed by atoms with Crippen LogP contribution < -0.4 is 10.3 Å². The molecule has 9 heteroatoms.